The fourth-order valence-electron chi connectivity index (χ4n) is 2.92. The summed E-state index contributed by atoms with van der Waals surface area (Å²) in [6.07, 6.45) is 23.9. The van der Waals surface area contributed by atoms with Gasteiger partial charge in [-0.15, -0.1) is 0 Å². The van der Waals surface area contributed by atoms with Gasteiger partial charge in [0, 0.05) is 13.2 Å². The minimum atomic E-state index is 0.967. The molecule has 0 rings (SSSR count). The van der Waals surface area contributed by atoms with Crippen LogP contribution in [0.4, 0.5) is 0 Å². The summed E-state index contributed by atoms with van der Waals surface area (Å²) in [6.45, 7) is 6.46. The Morgan fingerprint density at radius 3 is 1.09 bits per heavy atom. The monoisotopic (exact) mass is 312 g/mol. The third-order valence-corrected chi connectivity index (χ3v) is 4.53. The Balaban J connectivity index is 2.91. The van der Waals surface area contributed by atoms with Crippen molar-refractivity contribution >= 4 is 0 Å². The van der Waals surface area contributed by atoms with Crippen LogP contribution in [0.1, 0.15) is 123 Å². The second-order valence-corrected chi connectivity index (χ2v) is 6.92. The van der Waals surface area contributed by atoms with Gasteiger partial charge in [0.1, 0.15) is 0 Å². The molecule has 0 aromatic carbocycles. The van der Waals surface area contributed by atoms with E-state index in [1.165, 1.54) is 109 Å². The summed E-state index contributed by atoms with van der Waals surface area (Å²) < 4.78 is 5.59. The molecule has 0 fully saturated rings. The van der Waals surface area contributed by atoms with Crippen LogP contribution in [0.15, 0.2) is 0 Å². The number of hydrogen-bond donors (Lipinski definition) is 0. The second kappa shape index (κ2) is 21.0. The van der Waals surface area contributed by atoms with Gasteiger partial charge in [0.25, 0.3) is 0 Å². The zero-order chi connectivity index (χ0) is 16.1. The minimum absolute atomic E-state index is 0.967. The predicted octanol–water partition coefficient (Wildman–Crippen LogP) is 7.67. The molecule has 0 saturated carbocycles. The van der Waals surface area contributed by atoms with Crippen molar-refractivity contribution in [2.24, 2.45) is 0 Å². The van der Waals surface area contributed by atoms with Gasteiger partial charge in [-0.2, -0.15) is 0 Å². The molecule has 0 amide bonds. The topological polar surface area (TPSA) is 9.23 Å². The molecular weight excluding hydrogens is 268 g/mol. The molecule has 0 heterocycles. The maximum atomic E-state index is 5.59. The fourth-order valence-corrected chi connectivity index (χ4v) is 2.92. The van der Waals surface area contributed by atoms with E-state index in [1.807, 2.05) is 0 Å². The molecule has 134 valence electrons. The summed E-state index contributed by atoms with van der Waals surface area (Å²) in [5.74, 6) is 0. The molecule has 0 aliphatic heterocycles. The van der Waals surface area contributed by atoms with E-state index in [0.29, 0.717) is 0 Å². The molecule has 1 heteroatoms. The Morgan fingerprint density at radius 1 is 0.364 bits per heavy atom. The average Bonchev–Trinajstić information content (AvgIpc) is 2.54. The van der Waals surface area contributed by atoms with Crippen LogP contribution < -0.4 is 0 Å². The largest absolute Gasteiger partial charge is 0.381 e. The SMILES string of the molecule is CCCCCCCCCCCCCCCCCOCCCC. The van der Waals surface area contributed by atoms with E-state index in [0.717, 1.165) is 13.2 Å². The Kier molecular flexibility index (Phi) is 20.9. The van der Waals surface area contributed by atoms with Crippen molar-refractivity contribution < 1.29 is 4.74 Å². The first-order chi connectivity index (χ1) is 10.9. The lowest BCUT2D eigenvalue weighted by Crippen LogP contribution is -1.96. The number of rotatable bonds is 19. The molecule has 0 N–H and O–H groups in total. The molecule has 0 spiro atoms. The highest BCUT2D eigenvalue weighted by Gasteiger charge is 1.94. The van der Waals surface area contributed by atoms with E-state index in [-0.39, 0.29) is 0 Å². The highest BCUT2D eigenvalue weighted by atomic mass is 16.5. The van der Waals surface area contributed by atoms with Gasteiger partial charge in [-0.3, -0.25) is 0 Å². The highest BCUT2D eigenvalue weighted by molar-refractivity contribution is 4.49. The van der Waals surface area contributed by atoms with Crippen LogP contribution in [0.5, 0.6) is 0 Å². The molecule has 0 aliphatic rings. The lowest BCUT2D eigenvalue weighted by Gasteiger charge is -2.04. The number of hydrogen-bond acceptors (Lipinski definition) is 1. The van der Waals surface area contributed by atoms with Crippen molar-refractivity contribution in [3.63, 3.8) is 0 Å². The normalized spacial score (nSPS) is 11.2. The summed E-state index contributed by atoms with van der Waals surface area (Å²) in [5.41, 5.74) is 0. The van der Waals surface area contributed by atoms with Crippen molar-refractivity contribution in [1.82, 2.24) is 0 Å². The van der Waals surface area contributed by atoms with E-state index in [9.17, 15) is 0 Å². The third kappa shape index (κ3) is 20.0. The zero-order valence-corrected chi connectivity index (χ0v) is 15.8. The van der Waals surface area contributed by atoms with Crippen molar-refractivity contribution in [2.45, 2.75) is 123 Å². The molecule has 0 aromatic rings. The Morgan fingerprint density at radius 2 is 0.682 bits per heavy atom. The van der Waals surface area contributed by atoms with Gasteiger partial charge in [0.05, 0.1) is 0 Å². The average molecular weight is 313 g/mol. The maximum absolute atomic E-state index is 5.59. The van der Waals surface area contributed by atoms with Gasteiger partial charge in [0.2, 0.25) is 0 Å². The van der Waals surface area contributed by atoms with Gasteiger partial charge in [0.15, 0.2) is 0 Å². The van der Waals surface area contributed by atoms with Gasteiger partial charge in [-0.25, -0.2) is 0 Å². The minimum Gasteiger partial charge on any atom is -0.381 e. The van der Waals surface area contributed by atoms with Crippen LogP contribution >= 0.6 is 0 Å². The Labute approximate surface area is 141 Å². The van der Waals surface area contributed by atoms with Crippen LogP contribution in [0.3, 0.4) is 0 Å². The van der Waals surface area contributed by atoms with Crippen LogP contribution in [0, 0.1) is 0 Å². The highest BCUT2D eigenvalue weighted by Crippen LogP contribution is 2.13. The summed E-state index contributed by atoms with van der Waals surface area (Å²) >= 11 is 0. The van der Waals surface area contributed by atoms with E-state index in [2.05, 4.69) is 13.8 Å². The second-order valence-electron chi connectivity index (χ2n) is 6.92. The smallest absolute Gasteiger partial charge is 0.0466 e. The van der Waals surface area contributed by atoms with Crippen molar-refractivity contribution in [3.05, 3.63) is 0 Å². The van der Waals surface area contributed by atoms with Gasteiger partial charge in [-0.05, 0) is 12.8 Å². The molecular formula is C21H44O. The lowest BCUT2D eigenvalue weighted by atomic mass is 10.0. The molecule has 0 aromatic heterocycles. The molecule has 1 nitrogen and oxygen atoms in total. The van der Waals surface area contributed by atoms with Gasteiger partial charge in [-0.1, -0.05) is 110 Å². The molecule has 0 bridgehead atoms. The Hall–Kier alpha value is -0.0400. The zero-order valence-electron chi connectivity index (χ0n) is 15.8. The van der Waals surface area contributed by atoms with Crippen LogP contribution in [0.2, 0.25) is 0 Å². The molecule has 22 heavy (non-hydrogen) atoms. The van der Waals surface area contributed by atoms with E-state index in [4.69, 9.17) is 4.74 Å². The molecule has 0 aliphatic carbocycles. The predicted molar refractivity (Wildman–Crippen MR) is 101 cm³/mol. The Bertz CT molecular complexity index is 159. The molecule has 0 radical (unpaired) electrons. The number of unbranched alkanes of at least 4 members (excludes halogenated alkanes) is 15. The quantitative estimate of drug-likeness (QED) is 0.222. The lowest BCUT2D eigenvalue weighted by molar-refractivity contribution is 0.127. The third-order valence-electron chi connectivity index (χ3n) is 4.53. The molecule has 0 unspecified atom stereocenters. The van der Waals surface area contributed by atoms with Gasteiger partial charge >= 0.3 is 0 Å². The summed E-state index contributed by atoms with van der Waals surface area (Å²) in [6, 6.07) is 0. The van der Waals surface area contributed by atoms with Crippen molar-refractivity contribution in [2.75, 3.05) is 13.2 Å². The molecule has 0 saturated heterocycles. The first-order valence-electron chi connectivity index (χ1n) is 10.5. The van der Waals surface area contributed by atoms with E-state index >= 15 is 0 Å². The summed E-state index contributed by atoms with van der Waals surface area (Å²) in [7, 11) is 0. The van der Waals surface area contributed by atoms with Crippen LogP contribution in [0.25, 0.3) is 0 Å². The van der Waals surface area contributed by atoms with Crippen molar-refractivity contribution in [3.8, 4) is 0 Å². The maximum Gasteiger partial charge on any atom is 0.0466 e. The number of ether oxygens (including phenoxy) is 1. The standard InChI is InChI=1S/C21H44O/c1-3-5-7-8-9-10-11-12-13-14-15-16-17-18-19-21-22-20-6-4-2/h3-21H2,1-2H3. The first-order valence-corrected chi connectivity index (χ1v) is 10.5. The fraction of sp³-hybridized carbons (Fsp3) is 1.00. The summed E-state index contributed by atoms with van der Waals surface area (Å²) in [5, 5.41) is 0. The van der Waals surface area contributed by atoms with Crippen LogP contribution in [-0.2, 0) is 4.74 Å². The summed E-state index contributed by atoms with van der Waals surface area (Å²) in [4.78, 5) is 0. The van der Waals surface area contributed by atoms with Gasteiger partial charge < -0.3 is 4.74 Å². The van der Waals surface area contributed by atoms with Crippen molar-refractivity contribution in [1.29, 1.82) is 0 Å². The van der Waals surface area contributed by atoms with E-state index in [1.54, 1.807) is 0 Å². The van der Waals surface area contributed by atoms with E-state index < -0.39 is 0 Å². The van der Waals surface area contributed by atoms with Crippen LogP contribution in [-0.4, -0.2) is 13.2 Å². The molecule has 0 atom stereocenters. The first kappa shape index (κ1) is 22.0.